The van der Waals surface area contributed by atoms with Gasteiger partial charge < -0.3 is 15.8 Å². The smallest absolute Gasteiger partial charge is 0.143 e. The Labute approximate surface area is 117 Å². The number of anilines is 3. The molecule has 1 aromatic carbocycles. The molecule has 0 amide bonds. The van der Waals surface area contributed by atoms with Crippen molar-refractivity contribution in [1.29, 1.82) is 0 Å². The molecule has 19 heavy (non-hydrogen) atoms. The summed E-state index contributed by atoms with van der Waals surface area (Å²) >= 11 is 6.07. The van der Waals surface area contributed by atoms with Crippen LogP contribution in [0, 0.1) is 13.8 Å². The van der Waals surface area contributed by atoms with E-state index in [-0.39, 0.29) is 0 Å². The molecule has 0 bridgehead atoms. The molecule has 2 aromatic rings. The molecule has 100 valence electrons. The van der Waals surface area contributed by atoms with E-state index < -0.39 is 0 Å². The standard InChI is InChI=1S/C14H16ClN3O/c1-8-4-12(13(19-3)6-10(8)15)18-14-5-9(2)11(16)7-17-14/h4-7H,16H2,1-3H3,(H,17,18). The summed E-state index contributed by atoms with van der Waals surface area (Å²) in [5, 5.41) is 3.88. The molecular formula is C14H16ClN3O. The molecule has 3 N–H and O–H groups in total. The lowest BCUT2D eigenvalue weighted by atomic mass is 10.2. The van der Waals surface area contributed by atoms with Gasteiger partial charge in [0.2, 0.25) is 0 Å². The van der Waals surface area contributed by atoms with E-state index >= 15 is 0 Å². The van der Waals surface area contributed by atoms with E-state index in [1.807, 2.05) is 26.0 Å². The van der Waals surface area contributed by atoms with Crippen molar-refractivity contribution in [1.82, 2.24) is 4.98 Å². The minimum absolute atomic E-state index is 0.670. The zero-order valence-electron chi connectivity index (χ0n) is 11.1. The summed E-state index contributed by atoms with van der Waals surface area (Å²) in [5.74, 6) is 1.39. The van der Waals surface area contributed by atoms with Gasteiger partial charge in [-0.25, -0.2) is 4.98 Å². The molecule has 0 fully saturated rings. The Hall–Kier alpha value is -1.94. The Balaban J connectivity index is 2.37. The van der Waals surface area contributed by atoms with Crippen LogP contribution in [0.1, 0.15) is 11.1 Å². The Morgan fingerprint density at radius 2 is 1.95 bits per heavy atom. The number of aromatic nitrogens is 1. The molecular weight excluding hydrogens is 262 g/mol. The summed E-state index contributed by atoms with van der Waals surface area (Å²) in [5.41, 5.74) is 9.19. The van der Waals surface area contributed by atoms with E-state index in [9.17, 15) is 0 Å². The molecule has 1 heterocycles. The SMILES string of the molecule is COc1cc(Cl)c(C)cc1Nc1cc(C)c(N)cn1. The maximum atomic E-state index is 6.07. The van der Waals surface area contributed by atoms with Crippen LogP contribution in [0.5, 0.6) is 5.75 Å². The van der Waals surface area contributed by atoms with E-state index in [0.29, 0.717) is 22.3 Å². The van der Waals surface area contributed by atoms with E-state index in [1.54, 1.807) is 19.4 Å². The van der Waals surface area contributed by atoms with Gasteiger partial charge in [-0.1, -0.05) is 11.6 Å². The van der Waals surface area contributed by atoms with Crippen molar-refractivity contribution < 1.29 is 4.74 Å². The maximum Gasteiger partial charge on any atom is 0.143 e. The second-order valence-electron chi connectivity index (χ2n) is 4.35. The van der Waals surface area contributed by atoms with Crippen molar-refractivity contribution in [2.24, 2.45) is 0 Å². The molecule has 0 aliphatic carbocycles. The average molecular weight is 278 g/mol. The zero-order chi connectivity index (χ0) is 14.0. The fourth-order valence-electron chi connectivity index (χ4n) is 1.70. The number of halogens is 1. The quantitative estimate of drug-likeness (QED) is 0.898. The van der Waals surface area contributed by atoms with Crippen LogP contribution in [0.25, 0.3) is 0 Å². The Morgan fingerprint density at radius 3 is 2.58 bits per heavy atom. The minimum Gasteiger partial charge on any atom is -0.495 e. The molecule has 4 nitrogen and oxygen atoms in total. The van der Waals surface area contributed by atoms with Crippen molar-refractivity contribution >= 4 is 28.8 Å². The number of nitrogens with zero attached hydrogens (tertiary/aromatic N) is 1. The predicted octanol–water partition coefficient (Wildman–Crippen LogP) is 3.69. The summed E-state index contributed by atoms with van der Waals surface area (Å²) in [7, 11) is 1.60. The van der Waals surface area contributed by atoms with E-state index in [1.165, 1.54) is 0 Å². The molecule has 0 unspecified atom stereocenters. The summed E-state index contributed by atoms with van der Waals surface area (Å²) < 4.78 is 5.31. The number of nitrogen functional groups attached to an aromatic ring is 1. The molecule has 0 aliphatic heterocycles. The van der Waals surface area contributed by atoms with Gasteiger partial charge in [0.05, 0.1) is 24.7 Å². The summed E-state index contributed by atoms with van der Waals surface area (Å²) in [6, 6.07) is 5.59. The van der Waals surface area contributed by atoms with Gasteiger partial charge in [0.25, 0.3) is 0 Å². The van der Waals surface area contributed by atoms with E-state index in [0.717, 1.165) is 16.8 Å². The monoisotopic (exact) mass is 277 g/mol. The Bertz CT molecular complexity index is 614. The van der Waals surface area contributed by atoms with Crippen molar-refractivity contribution in [3.8, 4) is 5.75 Å². The number of ether oxygens (including phenoxy) is 1. The van der Waals surface area contributed by atoms with Gasteiger partial charge in [-0.05, 0) is 37.1 Å². The summed E-state index contributed by atoms with van der Waals surface area (Å²) in [6.45, 7) is 3.88. The topological polar surface area (TPSA) is 60.2 Å². The first-order chi connectivity index (χ1) is 9.01. The van der Waals surface area contributed by atoms with Crippen LogP contribution >= 0.6 is 11.6 Å². The molecule has 2 rings (SSSR count). The first kappa shape index (κ1) is 13.5. The summed E-state index contributed by atoms with van der Waals surface area (Å²) in [4.78, 5) is 4.24. The number of aryl methyl sites for hydroxylation is 2. The lowest BCUT2D eigenvalue weighted by Gasteiger charge is -2.13. The van der Waals surface area contributed by atoms with Crippen molar-refractivity contribution in [3.05, 3.63) is 40.5 Å². The maximum absolute atomic E-state index is 6.07. The summed E-state index contributed by atoms with van der Waals surface area (Å²) in [6.07, 6.45) is 1.63. The second kappa shape index (κ2) is 5.36. The van der Waals surface area contributed by atoms with Crippen LogP contribution in [0.3, 0.4) is 0 Å². The largest absolute Gasteiger partial charge is 0.495 e. The molecule has 0 saturated carbocycles. The number of methoxy groups -OCH3 is 1. The van der Waals surface area contributed by atoms with Crippen LogP contribution in [0.2, 0.25) is 5.02 Å². The van der Waals surface area contributed by atoms with Gasteiger partial charge in [-0.2, -0.15) is 0 Å². The number of benzene rings is 1. The zero-order valence-corrected chi connectivity index (χ0v) is 11.9. The number of hydrogen-bond donors (Lipinski definition) is 2. The number of nitrogens with two attached hydrogens (primary N) is 1. The highest BCUT2D eigenvalue weighted by Crippen LogP contribution is 2.32. The number of pyridine rings is 1. The van der Waals surface area contributed by atoms with Gasteiger partial charge >= 0.3 is 0 Å². The van der Waals surface area contributed by atoms with Gasteiger partial charge in [0.15, 0.2) is 0 Å². The van der Waals surface area contributed by atoms with Gasteiger partial charge in [0, 0.05) is 11.1 Å². The fraction of sp³-hybridized carbons (Fsp3) is 0.214. The second-order valence-corrected chi connectivity index (χ2v) is 4.76. The van der Waals surface area contributed by atoms with Crippen LogP contribution in [-0.2, 0) is 0 Å². The van der Waals surface area contributed by atoms with Gasteiger partial charge in [-0.3, -0.25) is 0 Å². The Kier molecular flexibility index (Phi) is 3.81. The lowest BCUT2D eigenvalue weighted by molar-refractivity contribution is 0.416. The molecule has 1 aromatic heterocycles. The van der Waals surface area contributed by atoms with Gasteiger partial charge in [-0.15, -0.1) is 0 Å². The highest BCUT2D eigenvalue weighted by atomic mass is 35.5. The molecule has 0 radical (unpaired) electrons. The Morgan fingerprint density at radius 1 is 1.21 bits per heavy atom. The first-order valence-electron chi connectivity index (χ1n) is 5.84. The van der Waals surface area contributed by atoms with E-state index in [4.69, 9.17) is 22.1 Å². The lowest BCUT2D eigenvalue weighted by Crippen LogP contribution is -1.99. The highest BCUT2D eigenvalue weighted by molar-refractivity contribution is 6.31. The highest BCUT2D eigenvalue weighted by Gasteiger charge is 2.08. The third-order valence-electron chi connectivity index (χ3n) is 2.89. The van der Waals surface area contributed by atoms with Crippen molar-refractivity contribution in [2.45, 2.75) is 13.8 Å². The average Bonchev–Trinajstić information content (AvgIpc) is 2.38. The van der Waals surface area contributed by atoms with Crippen LogP contribution in [-0.4, -0.2) is 12.1 Å². The number of rotatable bonds is 3. The van der Waals surface area contributed by atoms with Gasteiger partial charge in [0.1, 0.15) is 11.6 Å². The molecule has 0 saturated heterocycles. The predicted molar refractivity (Wildman–Crippen MR) is 79.4 cm³/mol. The van der Waals surface area contributed by atoms with Crippen LogP contribution in [0.15, 0.2) is 24.4 Å². The first-order valence-corrected chi connectivity index (χ1v) is 6.22. The third kappa shape index (κ3) is 2.90. The molecule has 0 aliphatic rings. The number of hydrogen-bond acceptors (Lipinski definition) is 4. The molecule has 0 atom stereocenters. The minimum atomic E-state index is 0.670. The van der Waals surface area contributed by atoms with Crippen LogP contribution in [0.4, 0.5) is 17.2 Å². The normalized spacial score (nSPS) is 10.3. The van der Waals surface area contributed by atoms with Crippen molar-refractivity contribution in [3.63, 3.8) is 0 Å². The molecule has 0 spiro atoms. The van der Waals surface area contributed by atoms with Crippen molar-refractivity contribution in [2.75, 3.05) is 18.2 Å². The van der Waals surface area contributed by atoms with E-state index in [2.05, 4.69) is 10.3 Å². The molecule has 5 heteroatoms. The van der Waals surface area contributed by atoms with Crippen LogP contribution < -0.4 is 15.8 Å². The fourth-order valence-corrected chi connectivity index (χ4v) is 1.86. The number of nitrogens with one attached hydrogen (secondary N) is 1. The third-order valence-corrected chi connectivity index (χ3v) is 3.30.